The van der Waals surface area contributed by atoms with Gasteiger partial charge in [-0.25, -0.2) is 8.78 Å². The molecule has 0 amide bonds. The molecule has 0 atom stereocenters. The van der Waals surface area contributed by atoms with Gasteiger partial charge in [-0.2, -0.15) is 0 Å². The molecule has 1 aromatic rings. The van der Waals surface area contributed by atoms with Crippen LogP contribution in [0.2, 0.25) is 6.04 Å². The monoisotopic (exact) mass is 365 g/mol. The van der Waals surface area contributed by atoms with Gasteiger partial charge in [0.05, 0.1) is 13.2 Å². The van der Waals surface area contributed by atoms with Crippen molar-refractivity contribution in [2.75, 3.05) is 13.2 Å². The van der Waals surface area contributed by atoms with E-state index in [0.29, 0.717) is 24.7 Å². The van der Waals surface area contributed by atoms with Crippen molar-refractivity contribution in [2.24, 2.45) is 17.8 Å². The summed E-state index contributed by atoms with van der Waals surface area (Å²) in [5.41, 5.74) is 0.457. The van der Waals surface area contributed by atoms with Gasteiger partial charge >= 0.3 is 0 Å². The van der Waals surface area contributed by atoms with Gasteiger partial charge in [0.2, 0.25) is 0 Å². The Balaban J connectivity index is 1.43. The van der Waals surface area contributed by atoms with Crippen LogP contribution < -0.4 is 0 Å². The maximum absolute atomic E-state index is 13.7. The fraction of sp³-hybridized carbons (Fsp3) is 0.700. The molecule has 0 aromatic heterocycles. The molecule has 137 valence electrons. The first kappa shape index (κ1) is 19.0. The number of rotatable bonds is 5. The molecule has 3 rings (SSSR count). The molecule has 0 N–H and O–H groups in total. The van der Waals surface area contributed by atoms with E-state index in [2.05, 4.69) is 10.2 Å². The van der Waals surface area contributed by atoms with Gasteiger partial charge in [-0.3, -0.25) is 0 Å². The van der Waals surface area contributed by atoms with Crippen LogP contribution in [0.3, 0.4) is 0 Å². The summed E-state index contributed by atoms with van der Waals surface area (Å²) in [4.78, 5) is 0. The van der Waals surface area contributed by atoms with E-state index in [-0.39, 0.29) is 5.56 Å². The Bertz CT molecular complexity index is 542. The van der Waals surface area contributed by atoms with Crippen molar-refractivity contribution in [2.45, 2.75) is 57.8 Å². The van der Waals surface area contributed by atoms with Crippen molar-refractivity contribution >= 4 is 10.2 Å². The van der Waals surface area contributed by atoms with Gasteiger partial charge in [-0.1, -0.05) is 38.1 Å². The van der Waals surface area contributed by atoms with E-state index < -0.39 is 17.9 Å². The molecule has 0 unspecified atom stereocenters. The summed E-state index contributed by atoms with van der Waals surface area (Å²) in [6.45, 7) is 2.62. The number of ether oxygens (including phenoxy) is 2. The molecule has 1 aliphatic heterocycles. The zero-order valence-electron chi connectivity index (χ0n) is 14.9. The van der Waals surface area contributed by atoms with Gasteiger partial charge in [0, 0.05) is 27.3 Å². The minimum atomic E-state index is -0.657. The number of hydrogen-bond donors (Lipinski definition) is 0. The minimum Gasteiger partial charge on any atom is -0.348 e. The van der Waals surface area contributed by atoms with Crippen molar-refractivity contribution in [3.8, 4) is 0 Å². The first-order valence-corrected chi connectivity index (χ1v) is 10.1. The maximum atomic E-state index is 13.7. The lowest BCUT2D eigenvalue weighted by molar-refractivity contribution is -0.206. The Morgan fingerprint density at radius 3 is 2.00 bits per heavy atom. The fourth-order valence-electron chi connectivity index (χ4n) is 3.90. The van der Waals surface area contributed by atoms with Crippen LogP contribution in [0.25, 0.3) is 0 Å². The SMILES string of the molecule is Cc1c(F)cc(C2OCC(CCC3CCC(C[Si])CC3)CO2)cc1F. The Kier molecular flexibility index (Phi) is 6.64. The predicted molar refractivity (Wildman–Crippen MR) is 94.5 cm³/mol. The Labute approximate surface area is 152 Å². The summed E-state index contributed by atoms with van der Waals surface area (Å²) in [5, 5.41) is 0. The Morgan fingerprint density at radius 1 is 0.920 bits per heavy atom. The molecular weight excluding hydrogens is 338 g/mol. The maximum Gasteiger partial charge on any atom is 0.184 e. The molecular formula is C20H27F2O2Si. The summed E-state index contributed by atoms with van der Waals surface area (Å²) in [7, 11) is 3.64. The quantitative estimate of drug-likeness (QED) is 0.675. The van der Waals surface area contributed by atoms with E-state index in [1.165, 1.54) is 51.2 Å². The lowest BCUT2D eigenvalue weighted by atomic mass is 9.80. The number of hydrogen-bond acceptors (Lipinski definition) is 2. The highest BCUT2D eigenvalue weighted by Gasteiger charge is 2.26. The van der Waals surface area contributed by atoms with Crippen molar-refractivity contribution < 1.29 is 18.3 Å². The standard InChI is InChI=1S/C20H27F2O2Si/c1-13-18(21)8-17(9-19(13)22)20-23-10-16(11-24-20)7-4-14-2-5-15(12-25)6-3-14/h8-9,14-16,20H,2-7,10-12H2,1H3. The summed E-state index contributed by atoms with van der Waals surface area (Å²) in [6.07, 6.45) is 6.99. The third-order valence-corrected chi connectivity index (χ3v) is 6.36. The number of benzene rings is 1. The van der Waals surface area contributed by atoms with Crippen LogP contribution in [0.1, 0.15) is 55.9 Å². The van der Waals surface area contributed by atoms with E-state index in [1.54, 1.807) is 0 Å². The van der Waals surface area contributed by atoms with Crippen molar-refractivity contribution in [1.29, 1.82) is 0 Å². The Morgan fingerprint density at radius 2 is 1.44 bits per heavy atom. The third-order valence-electron chi connectivity index (χ3n) is 5.78. The molecule has 1 saturated heterocycles. The molecule has 1 heterocycles. The van der Waals surface area contributed by atoms with Gasteiger partial charge in [0.25, 0.3) is 0 Å². The smallest absolute Gasteiger partial charge is 0.184 e. The largest absolute Gasteiger partial charge is 0.348 e. The average molecular weight is 366 g/mol. The molecule has 3 radical (unpaired) electrons. The molecule has 2 fully saturated rings. The highest BCUT2D eigenvalue weighted by Crippen LogP contribution is 2.35. The molecule has 0 bridgehead atoms. The van der Waals surface area contributed by atoms with Gasteiger partial charge in [-0.15, -0.1) is 0 Å². The summed E-state index contributed by atoms with van der Waals surface area (Å²) >= 11 is 0. The summed E-state index contributed by atoms with van der Waals surface area (Å²) in [6, 6.07) is 3.75. The van der Waals surface area contributed by atoms with E-state index in [4.69, 9.17) is 9.47 Å². The van der Waals surface area contributed by atoms with E-state index in [9.17, 15) is 8.78 Å². The fourth-order valence-corrected chi connectivity index (χ4v) is 4.31. The highest BCUT2D eigenvalue weighted by atomic mass is 28.1. The van der Waals surface area contributed by atoms with Gasteiger partial charge in [0.15, 0.2) is 6.29 Å². The first-order valence-electron chi connectivity index (χ1n) is 9.40. The van der Waals surface area contributed by atoms with Crippen LogP contribution in [0.4, 0.5) is 8.78 Å². The van der Waals surface area contributed by atoms with E-state index in [1.807, 2.05) is 0 Å². The van der Waals surface area contributed by atoms with Gasteiger partial charge in [0.1, 0.15) is 11.6 Å². The molecule has 2 nitrogen and oxygen atoms in total. The molecule has 1 saturated carbocycles. The van der Waals surface area contributed by atoms with Gasteiger partial charge < -0.3 is 9.47 Å². The number of halogens is 2. The van der Waals surface area contributed by atoms with Crippen LogP contribution in [0.15, 0.2) is 12.1 Å². The van der Waals surface area contributed by atoms with Crippen molar-refractivity contribution in [3.63, 3.8) is 0 Å². The van der Waals surface area contributed by atoms with Crippen molar-refractivity contribution in [1.82, 2.24) is 0 Å². The van der Waals surface area contributed by atoms with E-state index >= 15 is 0 Å². The van der Waals surface area contributed by atoms with Crippen LogP contribution in [0.5, 0.6) is 0 Å². The molecule has 2 aliphatic rings. The molecule has 0 spiro atoms. The van der Waals surface area contributed by atoms with Crippen LogP contribution in [-0.4, -0.2) is 23.5 Å². The Hall–Kier alpha value is -0.783. The second kappa shape index (κ2) is 8.74. The topological polar surface area (TPSA) is 18.5 Å². The predicted octanol–water partition coefficient (Wildman–Crippen LogP) is 5.11. The summed E-state index contributed by atoms with van der Waals surface area (Å²) < 4.78 is 38.9. The van der Waals surface area contributed by atoms with Crippen LogP contribution >= 0.6 is 0 Å². The van der Waals surface area contributed by atoms with Crippen LogP contribution in [0, 0.1) is 36.3 Å². The molecule has 25 heavy (non-hydrogen) atoms. The van der Waals surface area contributed by atoms with Crippen LogP contribution in [-0.2, 0) is 9.47 Å². The molecule has 1 aliphatic carbocycles. The second-order valence-electron chi connectivity index (χ2n) is 7.64. The summed E-state index contributed by atoms with van der Waals surface area (Å²) in [5.74, 6) is 0.953. The first-order chi connectivity index (χ1) is 12.1. The lowest BCUT2D eigenvalue weighted by Crippen LogP contribution is -2.28. The lowest BCUT2D eigenvalue weighted by Gasteiger charge is -2.32. The normalized spacial score (nSPS) is 30.4. The zero-order valence-corrected chi connectivity index (χ0v) is 15.9. The second-order valence-corrected chi connectivity index (χ2v) is 8.05. The minimum absolute atomic E-state index is 0.0342. The average Bonchev–Trinajstić information content (AvgIpc) is 2.65. The van der Waals surface area contributed by atoms with Gasteiger partial charge in [-0.05, 0) is 37.3 Å². The van der Waals surface area contributed by atoms with E-state index in [0.717, 1.165) is 24.3 Å². The third kappa shape index (κ3) is 4.89. The highest BCUT2D eigenvalue weighted by molar-refractivity contribution is 6.08. The zero-order chi connectivity index (χ0) is 17.8. The van der Waals surface area contributed by atoms with Crippen molar-refractivity contribution in [3.05, 3.63) is 34.9 Å². The molecule has 5 heteroatoms. The molecule has 1 aromatic carbocycles.